The Bertz CT molecular complexity index is 711. The highest BCUT2D eigenvalue weighted by Crippen LogP contribution is 2.25. The Kier molecular flexibility index (Phi) is 6.63. The van der Waals surface area contributed by atoms with Crippen LogP contribution in [0.25, 0.3) is 0 Å². The lowest BCUT2D eigenvalue weighted by atomic mass is 10.2. The van der Waals surface area contributed by atoms with Crippen molar-refractivity contribution >= 4 is 78.9 Å². The van der Waals surface area contributed by atoms with E-state index in [2.05, 4.69) is 77.0 Å². The molecule has 22 heavy (non-hydrogen) atoms. The third kappa shape index (κ3) is 4.66. The molecule has 0 fully saturated rings. The zero-order valence-corrected chi connectivity index (χ0v) is 17.4. The van der Waals surface area contributed by atoms with E-state index >= 15 is 0 Å². The predicted molar refractivity (Wildman–Crippen MR) is 111 cm³/mol. The molecular formula is C15H12BrI2N3O. The van der Waals surface area contributed by atoms with Gasteiger partial charge in [-0.15, -0.1) is 0 Å². The summed E-state index contributed by atoms with van der Waals surface area (Å²) in [6.45, 7) is 0. The molecule has 0 saturated heterocycles. The van der Waals surface area contributed by atoms with Crippen molar-refractivity contribution in [2.24, 2.45) is 5.10 Å². The van der Waals surface area contributed by atoms with Crippen LogP contribution in [-0.4, -0.2) is 19.2 Å². The van der Waals surface area contributed by atoms with Crippen LogP contribution in [0.4, 0.5) is 5.69 Å². The summed E-state index contributed by atoms with van der Waals surface area (Å²) in [7, 11) is 1.89. The lowest BCUT2D eigenvalue weighted by Gasteiger charge is -2.07. The fraction of sp³-hybridized carbons (Fsp3) is 0.0667. The second-order valence-corrected chi connectivity index (χ2v) is 7.56. The summed E-state index contributed by atoms with van der Waals surface area (Å²) < 4.78 is 3.06. The first kappa shape index (κ1) is 17.7. The zero-order valence-electron chi connectivity index (χ0n) is 11.5. The Labute approximate surface area is 164 Å². The number of benzene rings is 2. The van der Waals surface area contributed by atoms with Gasteiger partial charge in [-0.25, -0.2) is 5.43 Å². The summed E-state index contributed by atoms with van der Waals surface area (Å²) in [4.78, 5) is 12.0. The monoisotopic (exact) mass is 583 g/mol. The number of nitrogens with one attached hydrogen (secondary N) is 2. The average molecular weight is 584 g/mol. The van der Waals surface area contributed by atoms with Crippen LogP contribution < -0.4 is 10.7 Å². The molecule has 114 valence electrons. The Morgan fingerprint density at radius 1 is 1.23 bits per heavy atom. The van der Waals surface area contributed by atoms with Gasteiger partial charge in [0.1, 0.15) is 0 Å². The van der Waals surface area contributed by atoms with E-state index in [1.807, 2.05) is 31.3 Å². The highest BCUT2D eigenvalue weighted by Gasteiger charge is 2.06. The second-order valence-electron chi connectivity index (χ2n) is 4.32. The summed E-state index contributed by atoms with van der Waals surface area (Å²) in [5.74, 6) is -0.242. The number of carbonyl (C=O) groups excluding carboxylic acids is 1. The molecular weight excluding hydrogens is 572 g/mol. The lowest BCUT2D eigenvalue weighted by Crippen LogP contribution is -2.17. The van der Waals surface area contributed by atoms with E-state index < -0.39 is 0 Å². The standard InChI is InChI=1S/C15H12BrI2N3O/c1-19-14-12(17)5-9(6-13(14)18)8-20-21-15(22)10-3-2-4-11(16)7-10/h2-8,19H,1H3,(H,21,22)/b20-8-. The van der Waals surface area contributed by atoms with E-state index in [9.17, 15) is 4.79 Å². The smallest absolute Gasteiger partial charge is 0.271 e. The molecule has 1 amide bonds. The Balaban J connectivity index is 2.08. The third-order valence-electron chi connectivity index (χ3n) is 2.78. The maximum Gasteiger partial charge on any atom is 0.271 e. The molecule has 0 atom stereocenters. The second kappa shape index (κ2) is 8.25. The number of anilines is 1. The van der Waals surface area contributed by atoms with E-state index in [0.717, 1.165) is 22.9 Å². The van der Waals surface area contributed by atoms with E-state index in [1.165, 1.54) is 0 Å². The fourth-order valence-corrected chi connectivity index (χ4v) is 4.52. The average Bonchev–Trinajstić information content (AvgIpc) is 2.47. The van der Waals surface area contributed by atoms with Crippen molar-refractivity contribution in [2.75, 3.05) is 12.4 Å². The highest BCUT2D eigenvalue weighted by atomic mass is 127. The van der Waals surface area contributed by atoms with Crippen molar-refractivity contribution in [3.05, 3.63) is 59.1 Å². The molecule has 0 unspecified atom stereocenters. The first-order chi connectivity index (χ1) is 10.5. The van der Waals surface area contributed by atoms with Crippen LogP contribution in [0.15, 0.2) is 46.0 Å². The fourth-order valence-electron chi connectivity index (χ4n) is 1.77. The summed E-state index contributed by atoms with van der Waals surface area (Å²) in [5.41, 5.74) is 5.11. The number of hydrazone groups is 1. The van der Waals surface area contributed by atoms with Crippen LogP contribution >= 0.6 is 61.1 Å². The summed E-state index contributed by atoms with van der Waals surface area (Å²) in [5, 5.41) is 7.18. The molecule has 0 spiro atoms. The largest absolute Gasteiger partial charge is 0.386 e. The van der Waals surface area contributed by atoms with Crippen molar-refractivity contribution in [3.63, 3.8) is 0 Å². The molecule has 0 heterocycles. The Morgan fingerprint density at radius 3 is 2.50 bits per heavy atom. The van der Waals surface area contributed by atoms with Gasteiger partial charge in [0.25, 0.3) is 5.91 Å². The van der Waals surface area contributed by atoms with Crippen molar-refractivity contribution in [3.8, 4) is 0 Å². The van der Waals surface area contributed by atoms with Crippen LogP contribution in [0.5, 0.6) is 0 Å². The van der Waals surface area contributed by atoms with E-state index in [-0.39, 0.29) is 5.91 Å². The quantitative estimate of drug-likeness (QED) is 0.317. The van der Waals surface area contributed by atoms with Gasteiger partial charge in [-0.05, 0) is 81.1 Å². The predicted octanol–water partition coefficient (Wildman–Crippen LogP) is 4.46. The number of nitrogens with zero attached hydrogens (tertiary/aromatic N) is 1. The lowest BCUT2D eigenvalue weighted by molar-refractivity contribution is 0.0955. The molecule has 2 rings (SSSR count). The van der Waals surface area contributed by atoms with Crippen LogP contribution in [0.2, 0.25) is 0 Å². The molecule has 0 radical (unpaired) electrons. The molecule has 0 aromatic heterocycles. The Morgan fingerprint density at radius 2 is 1.91 bits per heavy atom. The molecule has 0 aliphatic carbocycles. The van der Waals surface area contributed by atoms with Gasteiger partial charge in [0.2, 0.25) is 0 Å². The number of amides is 1. The van der Waals surface area contributed by atoms with Crippen LogP contribution in [0.3, 0.4) is 0 Å². The van der Waals surface area contributed by atoms with Crippen molar-refractivity contribution in [1.82, 2.24) is 5.43 Å². The molecule has 0 saturated carbocycles. The third-order valence-corrected chi connectivity index (χ3v) is 4.98. The number of hydrogen-bond acceptors (Lipinski definition) is 3. The van der Waals surface area contributed by atoms with Crippen LogP contribution in [0, 0.1) is 7.14 Å². The molecule has 7 heteroatoms. The van der Waals surface area contributed by atoms with Crippen LogP contribution in [0.1, 0.15) is 15.9 Å². The SMILES string of the molecule is CNc1c(I)cc(/C=N\NC(=O)c2cccc(Br)c2)cc1I. The number of rotatable bonds is 4. The molecule has 0 aliphatic heterocycles. The molecule has 2 N–H and O–H groups in total. The minimum Gasteiger partial charge on any atom is -0.386 e. The summed E-state index contributed by atoms with van der Waals surface area (Å²) in [6, 6.07) is 11.2. The minimum atomic E-state index is -0.242. The van der Waals surface area contributed by atoms with E-state index in [1.54, 1.807) is 18.3 Å². The van der Waals surface area contributed by atoms with E-state index in [4.69, 9.17) is 0 Å². The minimum absolute atomic E-state index is 0.242. The molecule has 2 aromatic carbocycles. The number of carbonyl (C=O) groups is 1. The summed E-state index contributed by atoms with van der Waals surface area (Å²) >= 11 is 7.88. The first-order valence-corrected chi connectivity index (χ1v) is 9.22. The molecule has 0 bridgehead atoms. The Hall–Kier alpha value is -0.680. The van der Waals surface area contributed by atoms with Gasteiger partial charge < -0.3 is 5.32 Å². The van der Waals surface area contributed by atoms with Gasteiger partial charge >= 0.3 is 0 Å². The van der Waals surface area contributed by atoms with Gasteiger partial charge in [-0.3, -0.25) is 4.79 Å². The van der Waals surface area contributed by atoms with Gasteiger partial charge in [-0.1, -0.05) is 22.0 Å². The van der Waals surface area contributed by atoms with Crippen molar-refractivity contribution in [1.29, 1.82) is 0 Å². The van der Waals surface area contributed by atoms with E-state index in [0.29, 0.717) is 5.56 Å². The van der Waals surface area contributed by atoms with Crippen molar-refractivity contribution in [2.45, 2.75) is 0 Å². The van der Waals surface area contributed by atoms with Crippen LogP contribution in [-0.2, 0) is 0 Å². The first-order valence-electron chi connectivity index (χ1n) is 6.27. The van der Waals surface area contributed by atoms with Crippen molar-refractivity contribution < 1.29 is 4.79 Å². The van der Waals surface area contributed by atoms with Gasteiger partial charge in [0.05, 0.1) is 11.9 Å². The normalized spacial score (nSPS) is 10.7. The maximum atomic E-state index is 12.0. The summed E-state index contributed by atoms with van der Waals surface area (Å²) in [6.07, 6.45) is 1.64. The maximum absolute atomic E-state index is 12.0. The molecule has 0 aliphatic rings. The number of halogens is 3. The van der Waals surface area contributed by atoms with Gasteiger partial charge in [-0.2, -0.15) is 5.10 Å². The topological polar surface area (TPSA) is 53.5 Å². The zero-order chi connectivity index (χ0) is 16.1. The highest BCUT2D eigenvalue weighted by molar-refractivity contribution is 14.1. The number of hydrogen-bond donors (Lipinski definition) is 2. The molecule has 2 aromatic rings. The van der Waals surface area contributed by atoms with Gasteiger partial charge in [0, 0.05) is 24.2 Å². The van der Waals surface area contributed by atoms with Gasteiger partial charge in [0.15, 0.2) is 0 Å². The molecule has 4 nitrogen and oxygen atoms in total.